The lowest BCUT2D eigenvalue weighted by atomic mass is 10.1. The Morgan fingerprint density at radius 2 is 2.05 bits per heavy atom. The van der Waals surface area contributed by atoms with Crippen LogP contribution in [0.4, 0.5) is 5.13 Å². The minimum atomic E-state index is 0.0704. The Morgan fingerprint density at radius 1 is 1.29 bits per heavy atom. The Kier molecular flexibility index (Phi) is 5.52. The summed E-state index contributed by atoms with van der Waals surface area (Å²) in [5, 5.41) is 21.9. The Balaban J connectivity index is 1.85. The highest BCUT2D eigenvalue weighted by Gasteiger charge is 2.06. The molecule has 0 saturated carbocycles. The zero-order chi connectivity index (χ0) is 15.1. The maximum Gasteiger partial charge on any atom is 0.205 e. The number of nitrogens with zero attached hydrogens (tertiary/aromatic N) is 3. The SMILES string of the molecule is CC(C)Cc1nnc(NCc2ccc(OCC#N)cc2)s1. The summed E-state index contributed by atoms with van der Waals surface area (Å²) in [5.41, 5.74) is 1.12. The first kappa shape index (κ1) is 15.3. The predicted molar refractivity (Wildman–Crippen MR) is 83.3 cm³/mol. The molecule has 21 heavy (non-hydrogen) atoms. The smallest absolute Gasteiger partial charge is 0.205 e. The molecule has 0 aliphatic rings. The number of benzene rings is 1. The van der Waals surface area contributed by atoms with Crippen LogP contribution in [-0.4, -0.2) is 16.8 Å². The lowest BCUT2D eigenvalue weighted by Gasteiger charge is -2.04. The summed E-state index contributed by atoms with van der Waals surface area (Å²) in [7, 11) is 0. The van der Waals surface area contributed by atoms with Crippen LogP contribution in [0.5, 0.6) is 5.75 Å². The van der Waals surface area contributed by atoms with Gasteiger partial charge in [0.1, 0.15) is 16.8 Å². The summed E-state index contributed by atoms with van der Waals surface area (Å²) in [4.78, 5) is 0. The normalized spacial score (nSPS) is 10.4. The van der Waals surface area contributed by atoms with Gasteiger partial charge in [0.15, 0.2) is 6.61 Å². The second kappa shape index (κ2) is 7.60. The van der Waals surface area contributed by atoms with Crippen molar-refractivity contribution in [3.63, 3.8) is 0 Å². The molecule has 0 atom stereocenters. The number of aromatic nitrogens is 2. The number of hydrogen-bond acceptors (Lipinski definition) is 6. The maximum absolute atomic E-state index is 8.45. The molecule has 1 N–H and O–H groups in total. The third-order valence-corrected chi connectivity index (χ3v) is 3.62. The van der Waals surface area contributed by atoms with Crippen LogP contribution in [0.3, 0.4) is 0 Å². The van der Waals surface area contributed by atoms with E-state index >= 15 is 0 Å². The molecule has 0 bridgehead atoms. The Bertz CT molecular complexity index is 601. The van der Waals surface area contributed by atoms with Crippen molar-refractivity contribution in [3.8, 4) is 11.8 Å². The molecule has 6 heteroatoms. The molecular weight excluding hydrogens is 284 g/mol. The van der Waals surface area contributed by atoms with Crippen molar-refractivity contribution in [1.82, 2.24) is 10.2 Å². The summed E-state index contributed by atoms with van der Waals surface area (Å²) in [6, 6.07) is 9.60. The minimum Gasteiger partial charge on any atom is -0.479 e. The lowest BCUT2D eigenvalue weighted by molar-refractivity contribution is 0.368. The monoisotopic (exact) mass is 302 g/mol. The number of nitriles is 1. The molecular formula is C15H18N4OS. The van der Waals surface area contributed by atoms with E-state index in [1.54, 1.807) is 11.3 Å². The molecule has 0 radical (unpaired) electrons. The van der Waals surface area contributed by atoms with Crippen LogP contribution in [-0.2, 0) is 13.0 Å². The van der Waals surface area contributed by atoms with Gasteiger partial charge in [-0.1, -0.05) is 37.3 Å². The summed E-state index contributed by atoms with van der Waals surface area (Å²) in [5.74, 6) is 1.29. The number of rotatable bonds is 7. The topological polar surface area (TPSA) is 70.8 Å². The van der Waals surface area contributed by atoms with E-state index in [9.17, 15) is 0 Å². The van der Waals surface area contributed by atoms with Gasteiger partial charge in [-0.2, -0.15) is 5.26 Å². The van der Waals surface area contributed by atoms with Gasteiger partial charge >= 0.3 is 0 Å². The van der Waals surface area contributed by atoms with Crippen molar-refractivity contribution in [2.75, 3.05) is 11.9 Å². The molecule has 0 aliphatic carbocycles. The first-order chi connectivity index (χ1) is 10.2. The standard InChI is InChI=1S/C15H18N4OS/c1-11(2)9-14-18-19-15(21-14)17-10-12-3-5-13(6-4-12)20-8-7-16/h3-6,11H,8-10H2,1-2H3,(H,17,19). The molecule has 5 nitrogen and oxygen atoms in total. The van der Waals surface area contributed by atoms with Gasteiger partial charge in [0.05, 0.1) is 0 Å². The van der Waals surface area contributed by atoms with Gasteiger partial charge in [0.2, 0.25) is 5.13 Å². The summed E-state index contributed by atoms with van der Waals surface area (Å²) in [6.45, 7) is 5.10. The van der Waals surface area contributed by atoms with Gasteiger partial charge in [-0.25, -0.2) is 0 Å². The zero-order valence-electron chi connectivity index (χ0n) is 12.2. The predicted octanol–water partition coefficient (Wildman–Crippen LogP) is 3.25. The van der Waals surface area contributed by atoms with Crippen LogP contribution in [0, 0.1) is 17.2 Å². The Labute approximate surface area is 128 Å². The highest BCUT2D eigenvalue weighted by molar-refractivity contribution is 7.15. The fourth-order valence-electron chi connectivity index (χ4n) is 1.75. The average Bonchev–Trinajstić information content (AvgIpc) is 2.91. The van der Waals surface area contributed by atoms with Crippen LogP contribution < -0.4 is 10.1 Å². The summed E-state index contributed by atoms with van der Waals surface area (Å²) >= 11 is 1.60. The quantitative estimate of drug-likeness (QED) is 0.850. The fourth-order valence-corrected chi connectivity index (χ4v) is 2.70. The van der Waals surface area contributed by atoms with Crippen molar-refractivity contribution in [2.24, 2.45) is 5.92 Å². The van der Waals surface area contributed by atoms with E-state index in [1.807, 2.05) is 30.3 Å². The molecule has 1 aromatic heterocycles. The molecule has 1 aromatic carbocycles. The highest BCUT2D eigenvalue weighted by atomic mass is 32.1. The van der Waals surface area contributed by atoms with Gasteiger partial charge in [-0.05, 0) is 23.6 Å². The van der Waals surface area contributed by atoms with E-state index in [1.165, 1.54) is 0 Å². The van der Waals surface area contributed by atoms with E-state index in [0.29, 0.717) is 18.2 Å². The van der Waals surface area contributed by atoms with E-state index in [0.717, 1.165) is 22.1 Å². The molecule has 0 saturated heterocycles. The van der Waals surface area contributed by atoms with Crippen LogP contribution in [0.15, 0.2) is 24.3 Å². The van der Waals surface area contributed by atoms with E-state index in [-0.39, 0.29) is 6.61 Å². The van der Waals surface area contributed by atoms with Crippen molar-refractivity contribution >= 4 is 16.5 Å². The minimum absolute atomic E-state index is 0.0704. The third-order valence-electron chi connectivity index (χ3n) is 2.72. The van der Waals surface area contributed by atoms with Crippen LogP contribution >= 0.6 is 11.3 Å². The molecule has 0 fully saturated rings. The number of ether oxygens (including phenoxy) is 1. The molecule has 1 heterocycles. The molecule has 0 amide bonds. The van der Waals surface area contributed by atoms with Crippen LogP contribution in [0.1, 0.15) is 24.4 Å². The molecule has 0 spiro atoms. The van der Waals surface area contributed by atoms with Crippen molar-refractivity contribution in [2.45, 2.75) is 26.8 Å². The number of nitrogens with one attached hydrogen (secondary N) is 1. The fraction of sp³-hybridized carbons (Fsp3) is 0.400. The highest BCUT2D eigenvalue weighted by Crippen LogP contribution is 2.19. The third kappa shape index (κ3) is 5.04. The number of hydrogen-bond donors (Lipinski definition) is 1. The van der Waals surface area contributed by atoms with Crippen molar-refractivity contribution < 1.29 is 4.74 Å². The van der Waals surface area contributed by atoms with E-state index in [4.69, 9.17) is 10.00 Å². The first-order valence-corrected chi connectivity index (χ1v) is 7.64. The largest absolute Gasteiger partial charge is 0.479 e. The molecule has 2 aromatic rings. The Hall–Kier alpha value is -2.13. The van der Waals surface area contributed by atoms with Gasteiger partial charge in [0, 0.05) is 13.0 Å². The summed E-state index contributed by atoms with van der Waals surface area (Å²) in [6.07, 6.45) is 0.963. The van der Waals surface area contributed by atoms with Gasteiger partial charge < -0.3 is 10.1 Å². The summed E-state index contributed by atoms with van der Waals surface area (Å²) < 4.78 is 5.21. The second-order valence-electron chi connectivity index (χ2n) is 5.04. The molecule has 0 unspecified atom stereocenters. The van der Waals surface area contributed by atoms with Gasteiger partial charge in [0.25, 0.3) is 0 Å². The zero-order valence-corrected chi connectivity index (χ0v) is 13.0. The molecule has 0 aliphatic heterocycles. The van der Waals surface area contributed by atoms with E-state index < -0.39 is 0 Å². The van der Waals surface area contributed by atoms with Crippen molar-refractivity contribution in [3.05, 3.63) is 34.8 Å². The van der Waals surface area contributed by atoms with Gasteiger partial charge in [-0.15, -0.1) is 10.2 Å². The maximum atomic E-state index is 8.45. The van der Waals surface area contributed by atoms with Crippen LogP contribution in [0.2, 0.25) is 0 Å². The average molecular weight is 302 g/mol. The first-order valence-electron chi connectivity index (χ1n) is 6.82. The van der Waals surface area contributed by atoms with Crippen molar-refractivity contribution in [1.29, 1.82) is 5.26 Å². The molecule has 2 rings (SSSR count). The lowest BCUT2D eigenvalue weighted by Crippen LogP contribution is -1.99. The molecule has 110 valence electrons. The Morgan fingerprint density at radius 3 is 2.71 bits per heavy atom. The number of anilines is 1. The van der Waals surface area contributed by atoms with Crippen LogP contribution in [0.25, 0.3) is 0 Å². The van der Waals surface area contributed by atoms with Gasteiger partial charge in [-0.3, -0.25) is 0 Å². The van der Waals surface area contributed by atoms with E-state index in [2.05, 4.69) is 29.4 Å². The second-order valence-corrected chi connectivity index (χ2v) is 6.11.